The van der Waals surface area contributed by atoms with Crippen LogP contribution in [0, 0.1) is 5.82 Å². The summed E-state index contributed by atoms with van der Waals surface area (Å²) < 4.78 is 15.1. The number of rotatable bonds is 6. The SMILES string of the molecule is CN(C)Cc1cccc(-c2nccn2C(CO)c2ccc(F)cc2)c1. The maximum atomic E-state index is 13.2. The first-order chi connectivity index (χ1) is 12.1. The van der Waals surface area contributed by atoms with Gasteiger partial charge in [0.2, 0.25) is 0 Å². The smallest absolute Gasteiger partial charge is 0.140 e. The fourth-order valence-corrected chi connectivity index (χ4v) is 3.00. The first kappa shape index (κ1) is 17.3. The number of halogens is 1. The molecule has 3 rings (SSSR count). The van der Waals surface area contributed by atoms with Crippen molar-refractivity contribution in [1.82, 2.24) is 14.5 Å². The molecule has 0 fully saturated rings. The lowest BCUT2D eigenvalue weighted by Gasteiger charge is -2.20. The van der Waals surface area contributed by atoms with E-state index in [-0.39, 0.29) is 18.5 Å². The summed E-state index contributed by atoms with van der Waals surface area (Å²) in [4.78, 5) is 6.59. The van der Waals surface area contributed by atoms with E-state index in [1.165, 1.54) is 17.7 Å². The van der Waals surface area contributed by atoms with Crippen molar-refractivity contribution >= 4 is 0 Å². The average molecular weight is 339 g/mol. The Hall–Kier alpha value is -2.50. The molecule has 0 aliphatic rings. The summed E-state index contributed by atoms with van der Waals surface area (Å²) in [6.45, 7) is 0.752. The molecule has 1 aromatic heterocycles. The lowest BCUT2D eigenvalue weighted by molar-refractivity contribution is 0.250. The maximum absolute atomic E-state index is 13.2. The number of benzene rings is 2. The normalized spacial score (nSPS) is 12.5. The molecule has 130 valence electrons. The number of imidazole rings is 1. The highest BCUT2D eigenvalue weighted by molar-refractivity contribution is 5.57. The molecule has 0 saturated carbocycles. The van der Waals surface area contributed by atoms with Crippen LogP contribution in [0.15, 0.2) is 60.9 Å². The molecule has 0 spiro atoms. The third kappa shape index (κ3) is 3.95. The van der Waals surface area contributed by atoms with Gasteiger partial charge in [0, 0.05) is 24.5 Å². The Kier molecular flexibility index (Phi) is 5.26. The molecule has 1 unspecified atom stereocenters. The fourth-order valence-electron chi connectivity index (χ4n) is 3.00. The van der Waals surface area contributed by atoms with Gasteiger partial charge in [-0.25, -0.2) is 9.37 Å². The van der Waals surface area contributed by atoms with E-state index in [1.54, 1.807) is 18.3 Å². The van der Waals surface area contributed by atoms with Gasteiger partial charge < -0.3 is 14.6 Å². The van der Waals surface area contributed by atoms with Crippen LogP contribution in [0.1, 0.15) is 17.2 Å². The molecular formula is C20H22FN3O. The van der Waals surface area contributed by atoms with Crippen molar-refractivity contribution in [3.8, 4) is 11.4 Å². The number of aromatic nitrogens is 2. The molecular weight excluding hydrogens is 317 g/mol. The molecule has 1 atom stereocenters. The van der Waals surface area contributed by atoms with Crippen LogP contribution < -0.4 is 0 Å². The van der Waals surface area contributed by atoms with Crippen LogP contribution in [0.2, 0.25) is 0 Å². The molecule has 0 aliphatic heterocycles. The van der Waals surface area contributed by atoms with E-state index >= 15 is 0 Å². The first-order valence-electron chi connectivity index (χ1n) is 8.21. The van der Waals surface area contributed by atoms with E-state index in [2.05, 4.69) is 22.0 Å². The minimum absolute atomic E-state index is 0.0909. The molecule has 3 aromatic rings. The predicted octanol–water partition coefficient (Wildman–Crippen LogP) is 3.33. The lowest BCUT2D eigenvalue weighted by Crippen LogP contribution is -2.15. The van der Waals surface area contributed by atoms with Crippen molar-refractivity contribution in [3.05, 3.63) is 77.9 Å². The van der Waals surface area contributed by atoms with E-state index in [9.17, 15) is 9.50 Å². The Morgan fingerprint density at radius 3 is 2.60 bits per heavy atom. The van der Waals surface area contributed by atoms with Crippen LogP contribution >= 0.6 is 0 Å². The first-order valence-corrected chi connectivity index (χ1v) is 8.21. The van der Waals surface area contributed by atoms with Crippen LogP contribution in [0.3, 0.4) is 0 Å². The molecule has 0 aliphatic carbocycles. The number of aliphatic hydroxyl groups is 1. The molecule has 1 heterocycles. The summed E-state index contributed by atoms with van der Waals surface area (Å²) in [5, 5.41) is 9.92. The summed E-state index contributed by atoms with van der Waals surface area (Å²) in [5.41, 5.74) is 3.02. The Morgan fingerprint density at radius 1 is 1.16 bits per heavy atom. The van der Waals surface area contributed by atoms with Crippen molar-refractivity contribution in [2.24, 2.45) is 0 Å². The van der Waals surface area contributed by atoms with Crippen LogP contribution in [-0.2, 0) is 6.54 Å². The average Bonchev–Trinajstić information content (AvgIpc) is 3.06. The molecule has 2 aromatic carbocycles. The van der Waals surface area contributed by atoms with Crippen LogP contribution in [0.4, 0.5) is 4.39 Å². The Morgan fingerprint density at radius 2 is 1.92 bits per heavy atom. The zero-order valence-electron chi connectivity index (χ0n) is 14.4. The molecule has 5 heteroatoms. The monoisotopic (exact) mass is 339 g/mol. The van der Waals surface area contributed by atoms with Crippen molar-refractivity contribution < 1.29 is 9.50 Å². The largest absolute Gasteiger partial charge is 0.394 e. The minimum Gasteiger partial charge on any atom is -0.394 e. The van der Waals surface area contributed by atoms with Crippen LogP contribution in [-0.4, -0.2) is 40.3 Å². The summed E-state index contributed by atoms with van der Waals surface area (Å²) in [6.07, 6.45) is 3.57. The van der Waals surface area contributed by atoms with E-state index in [1.807, 2.05) is 37.0 Å². The third-order valence-electron chi connectivity index (χ3n) is 4.12. The van der Waals surface area contributed by atoms with Gasteiger partial charge in [0.25, 0.3) is 0 Å². The van der Waals surface area contributed by atoms with Crippen LogP contribution in [0.5, 0.6) is 0 Å². The Balaban J connectivity index is 1.98. The Labute approximate surface area is 147 Å². The van der Waals surface area contributed by atoms with Gasteiger partial charge in [-0.2, -0.15) is 0 Å². The number of hydrogen-bond acceptors (Lipinski definition) is 3. The topological polar surface area (TPSA) is 41.3 Å². The molecule has 0 saturated heterocycles. The second-order valence-electron chi connectivity index (χ2n) is 6.35. The second-order valence-corrected chi connectivity index (χ2v) is 6.35. The van der Waals surface area contributed by atoms with E-state index in [0.717, 1.165) is 23.5 Å². The van der Waals surface area contributed by atoms with Gasteiger partial charge >= 0.3 is 0 Å². The van der Waals surface area contributed by atoms with Crippen molar-refractivity contribution in [3.63, 3.8) is 0 Å². The number of nitrogens with zero attached hydrogens (tertiary/aromatic N) is 3. The van der Waals surface area contributed by atoms with E-state index in [4.69, 9.17) is 0 Å². The quantitative estimate of drug-likeness (QED) is 0.749. The molecule has 1 N–H and O–H groups in total. The van der Waals surface area contributed by atoms with Gasteiger partial charge in [0.05, 0.1) is 12.6 Å². The highest BCUT2D eigenvalue weighted by Crippen LogP contribution is 2.26. The van der Waals surface area contributed by atoms with Crippen LogP contribution in [0.25, 0.3) is 11.4 Å². The second kappa shape index (κ2) is 7.59. The number of hydrogen-bond donors (Lipinski definition) is 1. The van der Waals surface area contributed by atoms with E-state index in [0.29, 0.717) is 0 Å². The Bertz CT molecular complexity index is 827. The molecule has 25 heavy (non-hydrogen) atoms. The van der Waals surface area contributed by atoms with Gasteiger partial charge in [0.1, 0.15) is 11.6 Å². The van der Waals surface area contributed by atoms with Gasteiger partial charge in [-0.3, -0.25) is 0 Å². The molecule has 0 radical (unpaired) electrons. The highest BCUT2D eigenvalue weighted by atomic mass is 19.1. The third-order valence-corrected chi connectivity index (χ3v) is 4.12. The lowest BCUT2D eigenvalue weighted by atomic mass is 10.1. The van der Waals surface area contributed by atoms with Crippen molar-refractivity contribution in [2.45, 2.75) is 12.6 Å². The predicted molar refractivity (Wildman–Crippen MR) is 96.7 cm³/mol. The zero-order chi connectivity index (χ0) is 17.8. The fraction of sp³-hybridized carbons (Fsp3) is 0.250. The highest BCUT2D eigenvalue weighted by Gasteiger charge is 2.17. The number of aliphatic hydroxyl groups excluding tert-OH is 1. The van der Waals surface area contributed by atoms with Crippen molar-refractivity contribution in [1.29, 1.82) is 0 Å². The standard InChI is InChI=1S/C20H22FN3O/c1-23(2)13-15-4-3-5-17(12-15)20-22-10-11-24(20)19(14-25)16-6-8-18(21)9-7-16/h3-12,19,25H,13-14H2,1-2H3. The zero-order valence-corrected chi connectivity index (χ0v) is 14.4. The van der Waals surface area contributed by atoms with Crippen molar-refractivity contribution in [2.75, 3.05) is 20.7 Å². The maximum Gasteiger partial charge on any atom is 0.140 e. The van der Waals surface area contributed by atoms with Gasteiger partial charge in [-0.15, -0.1) is 0 Å². The minimum atomic E-state index is -0.310. The molecule has 0 amide bonds. The molecule has 0 bridgehead atoms. The summed E-state index contributed by atoms with van der Waals surface area (Å²) in [7, 11) is 4.06. The summed E-state index contributed by atoms with van der Waals surface area (Å²) >= 11 is 0. The van der Waals surface area contributed by atoms with E-state index < -0.39 is 0 Å². The van der Waals surface area contributed by atoms with Gasteiger partial charge in [0.15, 0.2) is 0 Å². The van der Waals surface area contributed by atoms with Gasteiger partial charge in [-0.1, -0.05) is 30.3 Å². The summed E-state index contributed by atoms with van der Waals surface area (Å²) in [5.74, 6) is 0.492. The van der Waals surface area contributed by atoms with Gasteiger partial charge in [-0.05, 0) is 43.4 Å². The molecule has 4 nitrogen and oxygen atoms in total. The summed E-state index contributed by atoms with van der Waals surface area (Å²) in [6, 6.07) is 14.1.